The zero-order valence-corrected chi connectivity index (χ0v) is 18.8. The average Bonchev–Trinajstić information content (AvgIpc) is 3.44. The number of ether oxygens (including phenoxy) is 2. The molecule has 0 bridgehead atoms. The lowest BCUT2D eigenvalue weighted by Crippen LogP contribution is -2.19. The summed E-state index contributed by atoms with van der Waals surface area (Å²) in [7, 11) is 0. The number of nitrogen functional groups attached to an aromatic ring is 2. The molecule has 0 radical (unpaired) electrons. The number of benzene rings is 3. The maximum atomic E-state index is 10.0. The molecule has 2 aliphatic rings. The van der Waals surface area contributed by atoms with Crippen molar-refractivity contribution in [1.29, 1.82) is 0 Å². The molecule has 0 fully saturated rings. The second-order valence-electron chi connectivity index (χ2n) is 7.10. The van der Waals surface area contributed by atoms with Gasteiger partial charge in [0.2, 0.25) is 0 Å². The first kappa shape index (κ1) is 25.2. The topological polar surface area (TPSA) is 163 Å². The second-order valence-corrected chi connectivity index (χ2v) is 7.10. The molecular weight excluding hydrogens is 464 g/mol. The number of anilines is 2. The van der Waals surface area contributed by atoms with Crippen molar-refractivity contribution >= 4 is 35.0 Å². The van der Waals surface area contributed by atoms with Crippen LogP contribution in [-0.4, -0.2) is 23.6 Å². The first-order valence-electron chi connectivity index (χ1n) is 10.5. The maximum absolute atomic E-state index is 10.0. The third-order valence-corrected chi connectivity index (χ3v) is 4.39. The monoisotopic (exact) mass is 486 g/mol. The summed E-state index contributed by atoms with van der Waals surface area (Å²) >= 11 is 0. The number of hydrogen-bond acceptors (Lipinski definition) is 8. The number of carbonyl (C=O) groups excluding carboxylic acids is 4. The van der Waals surface area contributed by atoms with Crippen LogP contribution in [0.3, 0.4) is 0 Å². The maximum Gasteiger partial charge on any atom is 0.250 e. The SMILES string of the molecule is Nc1ccccc1Oc1ccccc1Oc1ccccc1N.O=C1C=CC(=O)N1.O=C1C=CC(=O)N1. The van der Waals surface area contributed by atoms with Gasteiger partial charge in [-0.05, 0) is 36.4 Å². The van der Waals surface area contributed by atoms with Crippen LogP contribution in [0, 0.1) is 0 Å². The summed E-state index contributed by atoms with van der Waals surface area (Å²) in [5, 5.41) is 4.06. The number of rotatable bonds is 4. The van der Waals surface area contributed by atoms with Crippen LogP contribution in [-0.2, 0) is 19.2 Å². The van der Waals surface area contributed by atoms with Crippen molar-refractivity contribution in [3.05, 3.63) is 97.1 Å². The van der Waals surface area contributed by atoms with Crippen molar-refractivity contribution in [3.8, 4) is 23.0 Å². The fourth-order valence-corrected chi connectivity index (χ4v) is 2.71. The summed E-state index contributed by atoms with van der Waals surface area (Å²) in [4.78, 5) is 40.1. The predicted molar refractivity (Wildman–Crippen MR) is 133 cm³/mol. The fourth-order valence-electron chi connectivity index (χ4n) is 2.71. The van der Waals surface area contributed by atoms with E-state index in [1.54, 1.807) is 12.1 Å². The molecule has 0 aromatic heterocycles. The molecule has 0 saturated heterocycles. The van der Waals surface area contributed by atoms with Gasteiger partial charge >= 0.3 is 0 Å². The molecule has 5 rings (SSSR count). The van der Waals surface area contributed by atoms with E-state index in [1.807, 2.05) is 71.3 Å². The highest BCUT2D eigenvalue weighted by Gasteiger charge is 2.10. The molecule has 10 heteroatoms. The van der Waals surface area contributed by atoms with Crippen LogP contribution in [0.5, 0.6) is 23.0 Å². The van der Waals surface area contributed by atoms with E-state index in [1.165, 1.54) is 24.3 Å². The summed E-state index contributed by atoms with van der Waals surface area (Å²) in [5.41, 5.74) is 13.0. The Bertz CT molecular complexity index is 1220. The van der Waals surface area contributed by atoms with Crippen molar-refractivity contribution in [2.45, 2.75) is 0 Å². The van der Waals surface area contributed by atoms with Gasteiger partial charge in [0.25, 0.3) is 23.6 Å². The average molecular weight is 486 g/mol. The molecule has 0 saturated carbocycles. The minimum Gasteiger partial charge on any atom is -0.451 e. The summed E-state index contributed by atoms with van der Waals surface area (Å²) in [6.07, 6.45) is 4.79. The molecule has 10 nitrogen and oxygen atoms in total. The lowest BCUT2D eigenvalue weighted by molar-refractivity contribution is -0.125. The van der Waals surface area contributed by atoms with E-state index in [9.17, 15) is 19.2 Å². The number of hydrogen-bond donors (Lipinski definition) is 4. The molecule has 0 spiro atoms. The van der Waals surface area contributed by atoms with Gasteiger partial charge in [0.15, 0.2) is 23.0 Å². The number of carbonyl (C=O) groups is 4. The smallest absolute Gasteiger partial charge is 0.250 e. The number of para-hydroxylation sites is 6. The Balaban J connectivity index is 0.000000209. The Morgan fingerprint density at radius 1 is 0.444 bits per heavy atom. The molecule has 0 aliphatic carbocycles. The lowest BCUT2D eigenvalue weighted by atomic mass is 10.2. The Morgan fingerprint density at radius 2 is 0.722 bits per heavy atom. The van der Waals surface area contributed by atoms with Crippen molar-refractivity contribution in [2.75, 3.05) is 11.5 Å². The summed E-state index contributed by atoms with van der Waals surface area (Å²) in [6, 6.07) is 22.0. The van der Waals surface area contributed by atoms with Crippen LogP contribution in [0.4, 0.5) is 11.4 Å². The van der Waals surface area contributed by atoms with E-state index in [-0.39, 0.29) is 23.6 Å². The highest BCUT2D eigenvalue weighted by atomic mass is 16.5. The van der Waals surface area contributed by atoms with Gasteiger partial charge in [-0.1, -0.05) is 36.4 Å². The van der Waals surface area contributed by atoms with E-state index < -0.39 is 0 Å². The van der Waals surface area contributed by atoms with Gasteiger partial charge in [0, 0.05) is 24.3 Å². The van der Waals surface area contributed by atoms with Gasteiger partial charge in [-0.3, -0.25) is 29.8 Å². The largest absolute Gasteiger partial charge is 0.451 e. The molecule has 2 heterocycles. The van der Waals surface area contributed by atoms with Crippen LogP contribution >= 0.6 is 0 Å². The molecule has 0 unspecified atom stereocenters. The molecule has 2 aliphatic heterocycles. The van der Waals surface area contributed by atoms with E-state index in [4.69, 9.17) is 20.9 Å². The van der Waals surface area contributed by atoms with Crippen molar-refractivity contribution < 1.29 is 28.7 Å². The van der Waals surface area contributed by atoms with Gasteiger partial charge in [0.05, 0.1) is 11.4 Å². The number of imide groups is 2. The normalized spacial score (nSPS) is 13.1. The Hall–Kier alpha value is -5.38. The highest BCUT2D eigenvalue weighted by molar-refractivity contribution is 6.13. The Morgan fingerprint density at radius 3 is 0.972 bits per heavy atom. The molecule has 36 heavy (non-hydrogen) atoms. The lowest BCUT2D eigenvalue weighted by Gasteiger charge is -2.14. The van der Waals surface area contributed by atoms with E-state index in [0.717, 1.165) is 0 Å². The van der Waals surface area contributed by atoms with Crippen molar-refractivity contribution in [1.82, 2.24) is 10.6 Å². The quantitative estimate of drug-likeness (QED) is 0.323. The standard InChI is InChI=1S/C18H16N2O2.2C4H3NO2/c19-13-7-1-3-9-15(13)21-17-11-5-6-12-18(17)22-16-10-4-2-8-14(16)20;2*6-3-1-2-4(7)5-3/h1-12H,19-20H2;2*1-2H,(H,5,6,7). The molecule has 4 amide bonds. The molecular formula is C26H22N4O6. The summed E-state index contributed by atoms with van der Waals surface area (Å²) in [5.74, 6) is 0.997. The molecule has 0 atom stereocenters. The molecule has 182 valence electrons. The van der Waals surface area contributed by atoms with Crippen LogP contribution in [0.1, 0.15) is 0 Å². The minimum absolute atomic E-state index is 0.329. The Kier molecular flexibility index (Phi) is 8.55. The number of nitrogens with two attached hydrogens (primary N) is 2. The third-order valence-electron chi connectivity index (χ3n) is 4.39. The molecule has 3 aromatic rings. The first-order valence-corrected chi connectivity index (χ1v) is 10.5. The van der Waals surface area contributed by atoms with Crippen molar-refractivity contribution in [3.63, 3.8) is 0 Å². The van der Waals surface area contributed by atoms with Gasteiger partial charge in [-0.25, -0.2) is 0 Å². The van der Waals surface area contributed by atoms with Gasteiger partial charge < -0.3 is 20.9 Å². The zero-order valence-electron chi connectivity index (χ0n) is 18.8. The third kappa shape index (κ3) is 7.59. The predicted octanol–water partition coefficient (Wildman–Crippen LogP) is 2.83. The number of amides is 4. The van der Waals surface area contributed by atoms with Crippen molar-refractivity contribution in [2.24, 2.45) is 0 Å². The first-order chi connectivity index (χ1) is 17.3. The van der Waals surface area contributed by atoms with E-state index >= 15 is 0 Å². The van der Waals surface area contributed by atoms with Crippen LogP contribution < -0.4 is 31.6 Å². The summed E-state index contributed by atoms with van der Waals surface area (Å²) < 4.78 is 11.7. The Labute approximate surface area is 206 Å². The summed E-state index contributed by atoms with van der Waals surface area (Å²) in [6.45, 7) is 0. The molecule has 6 N–H and O–H groups in total. The van der Waals surface area contributed by atoms with Crippen LogP contribution in [0.25, 0.3) is 0 Å². The van der Waals surface area contributed by atoms with Crippen LogP contribution in [0.15, 0.2) is 97.1 Å². The highest BCUT2D eigenvalue weighted by Crippen LogP contribution is 2.37. The van der Waals surface area contributed by atoms with Crippen LogP contribution in [0.2, 0.25) is 0 Å². The zero-order chi connectivity index (χ0) is 25.9. The molecule has 3 aromatic carbocycles. The number of nitrogens with one attached hydrogen (secondary N) is 2. The van der Waals surface area contributed by atoms with E-state index in [0.29, 0.717) is 34.4 Å². The minimum atomic E-state index is -0.329. The fraction of sp³-hybridized carbons (Fsp3) is 0. The second kappa shape index (κ2) is 12.2. The van der Waals surface area contributed by atoms with Gasteiger partial charge in [-0.15, -0.1) is 0 Å². The van der Waals surface area contributed by atoms with Gasteiger partial charge in [0.1, 0.15) is 0 Å². The van der Waals surface area contributed by atoms with E-state index in [2.05, 4.69) is 0 Å². The van der Waals surface area contributed by atoms with Gasteiger partial charge in [-0.2, -0.15) is 0 Å².